The van der Waals surface area contributed by atoms with Crippen molar-refractivity contribution < 1.29 is 0 Å². The molecule has 2 heteroatoms. The van der Waals surface area contributed by atoms with Gasteiger partial charge in [-0.3, -0.25) is 4.98 Å². The van der Waals surface area contributed by atoms with Crippen molar-refractivity contribution in [2.45, 2.75) is 25.7 Å². The quantitative estimate of drug-likeness (QED) is 0.718. The molecule has 0 spiro atoms. The van der Waals surface area contributed by atoms with Crippen molar-refractivity contribution >= 4 is 16.6 Å². The third-order valence-corrected chi connectivity index (χ3v) is 3.07. The second-order valence-electron chi connectivity index (χ2n) is 4.22. The molecule has 1 heterocycles. The predicted octanol–water partition coefficient (Wildman–Crippen LogP) is 3.59. The molecule has 1 aliphatic rings. The summed E-state index contributed by atoms with van der Waals surface area (Å²) in [6.07, 6.45) is 9.13. The number of fused-ring (bicyclic) bond motifs is 1. The van der Waals surface area contributed by atoms with Crippen LogP contribution in [0.15, 0.2) is 36.5 Å². The Hall–Kier alpha value is -1.70. The average Bonchev–Trinajstić information content (AvgIpc) is 2.39. The molecule has 0 aliphatic heterocycles. The van der Waals surface area contributed by atoms with Gasteiger partial charge in [-0.25, -0.2) is 4.98 Å². The Balaban J connectivity index is 2.07. The summed E-state index contributed by atoms with van der Waals surface area (Å²) in [6.45, 7) is 0. The summed E-state index contributed by atoms with van der Waals surface area (Å²) < 4.78 is 0. The fourth-order valence-corrected chi connectivity index (χ4v) is 2.18. The molecule has 1 aliphatic carbocycles. The molecule has 0 saturated heterocycles. The van der Waals surface area contributed by atoms with E-state index in [1.807, 2.05) is 30.5 Å². The molecular formula is C14H14N2. The number of allylic oxidation sites excluding steroid dienone is 2. The minimum atomic E-state index is 0.975. The summed E-state index contributed by atoms with van der Waals surface area (Å²) >= 11 is 0. The van der Waals surface area contributed by atoms with E-state index in [-0.39, 0.29) is 0 Å². The Labute approximate surface area is 95.0 Å². The molecule has 0 atom stereocenters. The van der Waals surface area contributed by atoms with Crippen LogP contribution in [0.3, 0.4) is 0 Å². The highest BCUT2D eigenvalue weighted by Crippen LogP contribution is 2.25. The van der Waals surface area contributed by atoms with E-state index < -0.39 is 0 Å². The van der Waals surface area contributed by atoms with Gasteiger partial charge in [-0.05, 0) is 43.4 Å². The van der Waals surface area contributed by atoms with Gasteiger partial charge in [-0.1, -0.05) is 18.2 Å². The van der Waals surface area contributed by atoms with Crippen LogP contribution in [0.4, 0.5) is 0 Å². The zero-order valence-electron chi connectivity index (χ0n) is 9.19. The lowest BCUT2D eigenvalue weighted by Gasteiger charge is -2.11. The predicted molar refractivity (Wildman–Crippen MR) is 66.0 cm³/mol. The van der Waals surface area contributed by atoms with Crippen molar-refractivity contribution in [3.63, 3.8) is 0 Å². The van der Waals surface area contributed by atoms with Crippen LogP contribution >= 0.6 is 0 Å². The minimum absolute atomic E-state index is 0.975. The standard InChI is InChI=1S/C14H14N2/c1-2-6-11(7-3-1)14-10-15-12-8-4-5-9-13(12)16-14/h4-6,8-10H,1-3,7H2. The van der Waals surface area contributed by atoms with Gasteiger partial charge in [-0.15, -0.1) is 0 Å². The first-order valence-corrected chi connectivity index (χ1v) is 5.85. The van der Waals surface area contributed by atoms with Crippen LogP contribution in [0, 0.1) is 0 Å². The molecule has 0 bridgehead atoms. The van der Waals surface area contributed by atoms with Gasteiger partial charge in [0, 0.05) is 0 Å². The normalized spacial score (nSPS) is 16.1. The maximum Gasteiger partial charge on any atom is 0.0894 e. The van der Waals surface area contributed by atoms with Crippen LogP contribution < -0.4 is 0 Å². The summed E-state index contributed by atoms with van der Waals surface area (Å²) in [5.74, 6) is 0. The van der Waals surface area contributed by atoms with E-state index in [0.29, 0.717) is 0 Å². The summed E-state index contributed by atoms with van der Waals surface area (Å²) in [5.41, 5.74) is 4.39. The Bertz CT molecular complexity index is 543. The van der Waals surface area contributed by atoms with E-state index >= 15 is 0 Å². The molecule has 2 nitrogen and oxygen atoms in total. The number of nitrogens with zero attached hydrogens (tertiary/aromatic N) is 2. The third kappa shape index (κ3) is 1.71. The first-order valence-electron chi connectivity index (χ1n) is 5.85. The third-order valence-electron chi connectivity index (χ3n) is 3.07. The van der Waals surface area contributed by atoms with E-state index in [2.05, 4.69) is 16.0 Å². The fourth-order valence-electron chi connectivity index (χ4n) is 2.18. The molecule has 1 aromatic carbocycles. The molecule has 1 aromatic heterocycles. The summed E-state index contributed by atoms with van der Waals surface area (Å²) in [7, 11) is 0. The van der Waals surface area contributed by atoms with Gasteiger partial charge in [0.05, 0.1) is 22.9 Å². The van der Waals surface area contributed by atoms with Crippen LogP contribution in [0.1, 0.15) is 31.4 Å². The van der Waals surface area contributed by atoms with E-state index in [4.69, 9.17) is 0 Å². The van der Waals surface area contributed by atoms with Crippen LogP contribution in [-0.4, -0.2) is 9.97 Å². The smallest absolute Gasteiger partial charge is 0.0894 e. The van der Waals surface area contributed by atoms with Crippen LogP contribution in [-0.2, 0) is 0 Å². The highest BCUT2D eigenvalue weighted by molar-refractivity contribution is 5.76. The van der Waals surface area contributed by atoms with Gasteiger partial charge in [0.2, 0.25) is 0 Å². The molecule has 0 N–H and O–H groups in total. The van der Waals surface area contributed by atoms with Crippen molar-refractivity contribution in [1.82, 2.24) is 9.97 Å². The van der Waals surface area contributed by atoms with Crippen LogP contribution in [0.5, 0.6) is 0 Å². The Morgan fingerprint density at radius 2 is 1.88 bits per heavy atom. The van der Waals surface area contributed by atoms with E-state index in [9.17, 15) is 0 Å². The summed E-state index contributed by atoms with van der Waals surface area (Å²) in [6, 6.07) is 8.03. The van der Waals surface area contributed by atoms with Gasteiger partial charge < -0.3 is 0 Å². The van der Waals surface area contributed by atoms with Gasteiger partial charge in [-0.2, -0.15) is 0 Å². The van der Waals surface area contributed by atoms with Crippen molar-refractivity contribution in [2.75, 3.05) is 0 Å². The number of para-hydroxylation sites is 2. The average molecular weight is 210 g/mol. The topological polar surface area (TPSA) is 25.8 Å². The number of hydrogen-bond donors (Lipinski definition) is 0. The zero-order chi connectivity index (χ0) is 10.8. The molecule has 16 heavy (non-hydrogen) atoms. The van der Waals surface area contributed by atoms with E-state index in [0.717, 1.165) is 23.1 Å². The molecule has 3 rings (SSSR count). The fraction of sp³-hybridized carbons (Fsp3) is 0.286. The van der Waals surface area contributed by atoms with E-state index in [1.165, 1.54) is 24.8 Å². The maximum atomic E-state index is 4.67. The monoisotopic (exact) mass is 210 g/mol. The van der Waals surface area contributed by atoms with Crippen molar-refractivity contribution in [3.05, 3.63) is 42.2 Å². The molecular weight excluding hydrogens is 196 g/mol. The second kappa shape index (κ2) is 4.05. The van der Waals surface area contributed by atoms with Gasteiger partial charge in [0.25, 0.3) is 0 Å². The van der Waals surface area contributed by atoms with Crippen molar-refractivity contribution in [2.24, 2.45) is 0 Å². The lowest BCUT2D eigenvalue weighted by Crippen LogP contribution is -1.96. The molecule has 80 valence electrons. The van der Waals surface area contributed by atoms with Crippen LogP contribution in [0.25, 0.3) is 16.6 Å². The molecule has 0 radical (unpaired) electrons. The maximum absolute atomic E-state index is 4.67. The van der Waals surface area contributed by atoms with Gasteiger partial charge in [0.1, 0.15) is 0 Å². The van der Waals surface area contributed by atoms with Gasteiger partial charge in [0.15, 0.2) is 0 Å². The summed E-state index contributed by atoms with van der Waals surface area (Å²) in [5, 5.41) is 0. The van der Waals surface area contributed by atoms with Gasteiger partial charge >= 0.3 is 0 Å². The lowest BCUT2D eigenvalue weighted by molar-refractivity contribution is 0.740. The van der Waals surface area contributed by atoms with E-state index in [1.54, 1.807) is 0 Å². The Morgan fingerprint density at radius 3 is 2.69 bits per heavy atom. The molecule has 0 amide bonds. The number of hydrogen-bond acceptors (Lipinski definition) is 2. The molecule has 0 saturated carbocycles. The van der Waals surface area contributed by atoms with Crippen molar-refractivity contribution in [1.29, 1.82) is 0 Å². The second-order valence-corrected chi connectivity index (χ2v) is 4.22. The van der Waals surface area contributed by atoms with Crippen LogP contribution in [0.2, 0.25) is 0 Å². The summed E-state index contributed by atoms with van der Waals surface area (Å²) in [4.78, 5) is 9.12. The SMILES string of the molecule is C1=C(c2cnc3ccccc3n2)CCCC1. The number of benzene rings is 1. The number of rotatable bonds is 1. The van der Waals surface area contributed by atoms with Crippen molar-refractivity contribution in [3.8, 4) is 0 Å². The number of aromatic nitrogens is 2. The first kappa shape index (κ1) is 9.52. The largest absolute Gasteiger partial charge is 0.252 e. The highest BCUT2D eigenvalue weighted by atomic mass is 14.8. The Kier molecular flexibility index (Phi) is 2.41. The minimum Gasteiger partial charge on any atom is -0.252 e. The molecule has 0 unspecified atom stereocenters. The first-order chi connectivity index (χ1) is 7.93. The lowest BCUT2D eigenvalue weighted by atomic mass is 9.97. The highest BCUT2D eigenvalue weighted by Gasteiger charge is 2.08. The molecule has 0 fully saturated rings. The zero-order valence-corrected chi connectivity index (χ0v) is 9.19. The Morgan fingerprint density at radius 1 is 1.00 bits per heavy atom. The molecule has 2 aromatic rings.